The second-order valence-electron chi connectivity index (χ2n) is 6.76. The predicted octanol–water partition coefficient (Wildman–Crippen LogP) is 3.13. The van der Waals surface area contributed by atoms with E-state index in [9.17, 15) is 0 Å². The summed E-state index contributed by atoms with van der Waals surface area (Å²) in [4.78, 5) is 2.74. The Morgan fingerprint density at radius 2 is 2.06 bits per heavy atom. The first-order valence-corrected chi connectivity index (χ1v) is 8.21. The van der Waals surface area contributed by atoms with Gasteiger partial charge in [0.1, 0.15) is 0 Å². The number of likely N-dealkylation sites (tertiary alicyclic amines) is 1. The fourth-order valence-electron chi connectivity index (χ4n) is 3.82. The summed E-state index contributed by atoms with van der Waals surface area (Å²) in [6, 6.07) is 0. The van der Waals surface area contributed by atoms with Crippen LogP contribution in [-0.4, -0.2) is 37.6 Å². The van der Waals surface area contributed by atoms with Crippen molar-refractivity contribution in [2.45, 2.75) is 52.4 Å². The standard InChI is InChI=1S/C16H32N2/c1-3-8-17-11-16-7-9-18(13-16)12-15-6-4-5-14(2)10-15/h14-17H,3-13H2,1-2H3. The minimum absolute atomic E-state index is 0.914. The average molecular weight is 252 g/mol. The molecule has 1 N–H and O–H groups in total. The van der Waals surface area contributed by atoms with E-state index in [0.717, 1.165) is 17.8 Å². The quantitative estimate of drug-likeness (QED) is 0.731. The van der Waals surface area contributed by atoms with Gasteiger partial charge in [0, 0.05) is 13.1 Å². The van der Waals surface area contributed by atoms with Crippen molar-refractivity contribution in [2.24, 2.45) is 17.8 Å². The molecule has 3 atom stereocenters. The van der Waals surface area contributed by atoms with Gasteiger partial charge in [0.05, 0.1) is 0 Å². The first kappa shape index (κ1) is 14.3. The molecule has 2 aliphatic rings. The minimum atomic E-state index is 0.914. The molecule has 2 rings (SSSR count). The highest BCUT2D eigenvalue weighted by Crippen LogP contribution is 2.30. The zero-order valence-corrected chi connectivity index (χ0v) is 12.5. The lowest BCUT2D eigenvalue weighted by Crippen LogP contribution is -2.31. The summed E-state index contributed by atoms with van der Waals surface area (Å²) >= 11 is 0. The van der Waals surface area contributed by atoms with Crippen LogP contribution in [0.5, 0.6) is 0 Å². The number of nitrogens with zero attached hydrogens (tertiary/aromatic N) is 1. The molecule has 0 radical (unpaired) electrons. The summed E-state index contributed by atoms with van der Waals surface area (Å²) in [5, 5.41) is 3.58. The molecule has 18 heavy (non-hydrogen) atoms. The molecule has 1 heterocycles. The van der Waals surface area contributed by atoms with Crippen molar-refractivity contribution in [2.75, 3.05) is 32.7 Å². The van der Waals surface area contributed by atoms with Crippen molar-refractivity contribution < 1.29 is 0 Å². The van der Waals surface area contributed by atoms with Crippen LogP contribution in [0.4, 0.5) is 0 Å². The molecule has 1 aliphatic carbocycles. The van der Waals surface area contributed by atoms with Gasteiger partial charge in [-0.05, 0) is 63.1 Å². The summed E-state index contributed by atoms with van der Waals surface area (Å²) in [6.07, 6.45) is 8.59. The first-order chi connectivity index (χ1) is 8.78. The molecule has 1 saturated heterocycles. The molecule has 2 nitrogen and oxygen atoms in total. The maximum Gasteiger partial charge on any atom is 0.00224 e. The van der Waals surface area contributed by atoms with Gasteiger partial charge in [0.15, 0.2) is 0 Å². The molecule has 1 saturated carbocycles. The zero-order valence-electron chi connectivity index (χ0n) is 12.5. The number of hydrogen-bond acceptors (Lipinski definition) is 2. The van der Waals surface area contributed by atoms with Gasteiger partial charge in [-0.15, -0.1) is 0 Å². The zero-order chi connectivity index (χ0) is 12.8. The van der Waals surface area contributed by atoms with Gasteiger partial charge in [0.2, 0.25) is 0 Å². The van der Waals surface area contributed by atoms with E-state index >= 15 is 0 Å². The van der Waals surface area contributed by atoms with E-state index in [2.05, 4.69) is 24.1 Å². The number of nitrogens with one attached hydrogen (secondary N) is 1. The molecule has 0 aromatic rings. The molecule has 0 aromatic carbocycles. The predicted molar refractivity (Wildman–Crippen MR) is 78.8 cm³/mol. The van der Waals surface area contributed by atoms with Crippen molar-refractivity contribution >= 4 is 0 Å². The van der Waals surface area contributed by atoms with Crippen LogP contribution in [0.15, 0.2) is 0 Å². The molecule has 106 valence electrons. The van der Waals surface area contributed by atoms with Crippen molar-refractivity contribution in [3.8, 4) is 0 Å². The monoisotopic (exact) mass is 252 g/mol. The Balaban J connectivity index is 1.63. The van der Waals surface area contributed by atoms with Gasteiger partial charge in [-0.2, -0.15) is 0 Å². The number of hydrogen-bond donors (Lipinski definition) is 1. The Labute approximate surface area is 114 Å². The normalized spacial score (nSPS) is 34.0. The SMILES string of the molecule is CCCNCC1CCN(CC2CCCC(C)C2)C1. The van der Waals surface area contributed by atoms with E-state index in [4.69, 9.17) is 0 Å². The van der Waals surface area contributed by atoms with E-state index in [-0.39, 0.29) is 0 Å². The Bertz CT molecular complexity index is 229. The summed E-state index contributed by atoms with van der Waals surface area (Å²) in [5.74, 6) is 2.89. The summed E-state index contributed by atoms with van der Waals surface area (Å²) in [5.41, 5.74) is 0. The maximum atomic E-state index is 3.58. The molecule has 0 bridgehead atoms. The van der Waals surface area contributed by atoms with Crippen LogP contribution in [0.2, 0.25) is 0 Å². The molecule has 0 aromatic heterocycles. The van der Waals surface area contributed by atoms with Gasteiger partial charge in [-0.1, -0.05) is 26.7 Å². The fourth-order valence-corrected chi connectivity index (χ4v) is 3.82. The van der Waals surface area contributed by atoms with Crippen LogP contribution in [0.25, 0.3) is 0 Å². The molecular weight excluding hydrogens is 220 g/mol. The third kappa shape index (κ3) is 4.55. The summed E-state index contributed by atoms with van der Waals surface area (Å²) in [6.45, 7) is 11.2. The van der Waals surface area contributed by atoms with Crippen LogP contribution in [0.1, 0.15) is 52.4 Å². The lowest BCUT2D eigenvalue weighted by Gasteiger charge is -2.30. The highest BCUT2D eigenvalue weighted by Gasteiger charge is 2.26. The molecule has 0 amide bonds. The van der Waals surface area contributed by atoms with Gasteiger partial charge in [-0.25, -0.2) is 0 Å². The second-order valence-corrected chi connectivity index (χ2v) is 6.76. The number of rotatable bonds is 6. The van der Waals surface area contributed by atoms with Crippen molar-refractivity contribution in [1.82, 2.24) is 10.2 Å². The van der Waals surface area contributed by atoms with Gasteiger partial charge >= 0.3 is 0 Å². The van der Waals surface area contributed by atoms with E-state index in [1.165, 1.54) is 71.2 Å². The first-order valence-electron chi connectivity index (χ1n) is 8.21. The third-order valence-electron chi connectivity index (χ3n) is 4.79. The van der Waals surface area contributed by atoms with Crippen LogP contribution >= 0.6 is 0 Å². The molecule has 0 spiro atoms. The van der Waals surface area contributed by atoms with Crippen LogP contribution < -0.4 is 5.32 Å². The van der Waals surface area contributed by atoms with E-state index in [0.29, 0.717) is 0 Å². The summed E-state index contributed by atoms with van der Waals surface area (Å²) in [7, 11) is 0. The van der Waals surface area contributed by atoms with Crippen LogP contribution in [0, 0.1) is 17.8 Å². The lowest BCUT2D eigenvalue weighted by atomic mass is 9.82. The molecule has 2 heteroatoms. The van der Waals surface area contributed by atoms with Crippen molar-refractivity contribution in [3.05, 3.63) is 0 Å². The molecule has 1 aliphatic heterocycles. The largest absolute Gasteiger partial charge is 0.316 e. The maximum absolute atomic E-state index is 3.58. The Morgan fingerprint density at radius 1 is 1.17 bits per heavy atom. The molecular formula is C16H32N2. The van der Waals surface area contributed by atoms with Crippen LogP contribution in [0.3, 0.4) is 0 Å². The van der Waals surface area contributed by atoms with E-state index in [1.807, 2.05) is 0 Å². The van der Waals surface area contributed by atoms with E-state index in [1.54, 1.807) is 0 Å². The van der Waals surface area contributed by atoms with Gasteiger partial charge in [-0.3, -0.25) is 0 Å². The summed E-state index contributed by atoms with van der Waals surface area (Å²) < 4.78 is 0. The lowest BCUT2D eigenvalue weighted by molar-refractivity contribution is 0.199. The molecule has 2 fully saturated rings. The topological polar surface area (TPSA) is 15.3 Å². The highest BCUT2D eigenvalue weighted by atomic mass is 15.2. The van der Waals surface area contributed by atoms with Gasteiger partial charge < -0.3 is 10.2 Å². The average Bonchev–Trinajstić information content (AvgIpc) is 2.77. The van der Waals surface area contributed by atoms with Crippen molar-refractivity contribution in [3.63, 3.8) is 0 Å². The Kier molecular flexibility index (Phi) is 5.97. The Morgan fingerprint density at radius 3 is 2.83 bits per heavy atom. The third-order valence-corrected chi connectivity index (χ3v) is 4.79. The minimum Gasteiger partial charge on any atom is -0.316 e. The van der Waals surface area contributed by atoms with Crippen molar-refractivity contribution in [1.29, 1.82) is 0 Å². The smallest absolute Gasteiger partial charge is 0.00224 e. The fraction of sp³-hybridized carbons (Fsp3) is 1.00. The van der Waals surface area contributed by atoms with E-state index < -0.39 is 0 Å². The highest BCUT2D eigenvalue weighted by molar-refractivity contribution is 4.80. The van der Waals surface area contributed by atoms with Gasteiger partial charge in [0.25, 0.3) is 0 Å². The molecule has 3 unspecified atom stereocenters. The second kappa shape index (κ2) is 7.49. The Hall–Kier alpha value is -0.0800. The van der Waals surface area contributed by atoms with Crippen LogP contribution in [-0.2, 0) is 0 Å².